The Hall–Kier alpha value is 0.140. The van der Waals surface area contributed by atoms with Crippen molar-refractivity contribution >= 4 is 27.3 Å². The lowest BCUT2D eigenvalue weighted by Gasteiger charge is -2.24. The number of hydrogen-bond acceptors (Lipinski definition) is 2. The first-order valence-corrected chi connectivity index (χ1v) is 8.43. The summed E-state index contributed by atoms with van der Waals surface area (Å²) in [5.41, 5.74) is 0. The summed E-state index contributed by atoms with van der Waals surface area (Å²) < 4.78 is 1.23. The van der Waals surface area contributed by atoms with Gasteiger partial charge in [0, 0.05) is 20.8 Å². The van der Waals surface area contributed by atoms with Crippen LogP contribution in [0.1, 0.15) is 43.9 Å². The van der Waals surface area contributed by atoms with Crippen LogP contribution in [0.4, 0.5) is 0 Å². The molecule has 1 N–H and O–H groups in total. The minimum absolute atomic E-state index is 0.739. The molecular weight excluding hydrogens is 294 g/mol. The summed E-state index contributed by atoms with van der Waals surface area (Å²) in [5, 5.41) is 5.88. The van der Waals surface area contributed by atoms with Gasteiger partial charge < -0.3 is 5.32 Å². The average Bonchev–Trinajstić information content (AvgIpc) is 2.95. The zero-order valence-corrected chi connectivity index (χ0v) is 12.9. The van der Waals surface area contributed by atoms with Crippen LogP contribution < -0.4 is 5.32 Å². The maximum Gasteiger partial charge on any atom is 0.0285 e. The quantitative estimate of drug-likeness (QED) is 0.808. The standard InChI is InChI=1S/C14H22BrNS/c1-2-16-14(11-5-3-4-6-11)8-7-13-9-12(15)10-17-13/h9-11,14,16H,2-8H2,1H3. The van der Waals surface area contributed by atoms with Crippen LogP contribution in [-0.4, -0.2) is 12.6 Å². The smallest absolute Gasteiger partial charge is 0.0285 e. The predicted octanol–water partition coefficient (Wildman–Crippen LogP) is 4.61. The van der Waals surface area contributed by atoms with Gasteiger partial charge in [0.15, 0.2) is 0 Å². The van der Waals surface area contributed by atoms with Crippen molar-refractivity contribution < 1.29 is 0 Å². The van der Waals surface area contributed by atoms with E-state index in [0.29, 0.717) is 0 Å². The molecule has 1 atom stereocenters. The van der Waals surface area contributed by atoms with Gasteiger partial charge >= 0.3 is 0 Å². The average molecular weight is 316 g/mol. The fourth-order valence-corrected chi connectivity index (χ4v) is 4.38. The molecule has 1 fully saturated rings. The van der Waals surface area contributed by atoms with E-state index < -0.39 is 0 Å². The predicted molar refractivity (Wildman–Crippen MR) is 79.8 cm³/mol. The van der Waals surface area contributed by atoms with Gasteiger partial charge in [0.2, 0.25) is 0 Å². The normalized spacial score (nSPS) is 18.7. The third kappa shape index (κ3) is 4.08. The summed E-state index contributed by atoms with van der Waals surface area (Å²) >= 11 is 5.41. The molecule has 17 heavy (non-hydrogen) atoms. The maximum absolute atomic E-state index is 3.69. The van der Waals surface area contributed by atoms with Crippen molar-refractivity contribution in [1.82, 2.24) is 5.32 Å². The third-order valence-electron chi connectivity index (χ3n) is 3.76. The molecule has 0 aromatic carbocycles. The number of aryl methyl sites for hydroxylation is 1. The molecule has 1 nitrogen and oxygen atoms in total. The van der Waals surface area contributed by atoms with Crippen LogP contribution in [-0.2, 0) is 6.42 Å². The summed E-state index contributed by atoms with van der Waals surface area (Å²) in [6, 6.07) is 3.01. The molecule has 96 valence electrons. The van der Waals surface area contributed by atoms with Crippen LogP contribution >= 0.6 is 27.3 Å². The molecule has 1 heterocycles. The fourth-order valence-electron chi connectivity index (χ4n) is 2.91. The molecular formula is C14H22BrNS. The zero-order chi connectivity index (χ0) is 12.1. The number of thiophene rings is 1. The zero-order valence-electron chi connectivity index (χ0n) is 10.5. The van der Waals surface area contributed by atoms with Gasteiger partial charge in [-0.3, -0.25) is 0 Å². The molecule has 0 aliphatic heterocycles. The molecule has 1 aromatic heterocycles. The van der Waals surface area contributed by atoms with Crippen molar-refractivity contribution in [1.29, 1.82) is 0 Å². The summed E-state index contributed by atoms with van der Waals surface area (Å²) in [6.45, 7) is 3.33. The molecule has 0 radical (unpaired) electrons. The highest BCUT2D eigenvalue weighted by atomic mass is 79.9. The SMILES string of the molecule is CCNC(CCc1cc(Br)cs1)C1CCCC1. The van der Waals surface area contributed by atoms with Gasteiger partial charge in [0.25, 0.3) is 0 Å². The molecule has 1 saturated carbocycles. The molecule has 1 aliphatic carbocycles. The van der Waals surface area contributed by atoms with Crippen LogP contribution in [0.15, 0.2) is 15.9 Å². The van der Waals surface area contributed by atoms with Gasteiger partial charge in [-0.05, 0) is 60.1 Å². The second-order valence-electron chi connectivity index (χ2n) is 4.98. The first-order chi connectivity index (χ1) is 8.29. The van der Waals surface area contributed by atoms with Gasteiger partial charge in [-0.2, -0.15) is 0 Å². The van der Waals surface area contributed by atoms with E-state index in [4.69, 9.17) is 0 Å². The Balaban J connectivity index is 1.84. The summed E-state index contributed by atoms with van der Waals surface area (Å²) in [4.78, 5) is 1.51. The van der Waals surface area contributed by atoms with Crippen molar-refractivity contribution in [3.05, 3.63) is 20.8 Å². The van der Waals surface area contributed by atoms with E-state index in [9.17, 15) is 0 Å². The lowest BCUT2D eigenvalue weighted by molar-refractivity contribution is 0.346. The van der Waals surface area contributed by atoms with Crippen molar-refractivity contribution in [3.63, 3.8) is 0 Å². The Morgan fingerprint density at radius 3 is 2.82 bits per heavy atom. The van der Waals surface area contributed by atoms with Crippen LogP contribution in [0.3, 0.4) is 0 Å². The molecule has 1 unspecified atom stereocenters. The largest absolute Gasteiger partial charge is 0.314 e. The van der Waals surface area contributed by atoms with Crippen molar-refractivity contribution in [3.8, 4) is 0 Å². The Morgan fingerprint density at radius 2 is 2.24 bits per heavy atom. The van der Waals surface area contributed by atoms with E-state index in [-0.39, 0.29) is 0 Å². The number of rotatable bonds is 6. The number of nitrogens with one attached hydrogen (secondary N) is 1. The molecule has 3 heteroatoms. The topological polar surface area (TPSA) is 12.0 Å². The highest BCUT2D eigenvalue weighted by molar-refractivity contribution is 9.10. The van der Waals surface area contributed by atoms with Crippen molar-refractivity contribution in [2.24, 2.45) is 5.92 Å². The fraction of sp³-hybridized carbons (Fsp3) is 0.714. The molecule has 0 amide bonds. The molecule has 2 rings (SSSR count). The van der Waals surface area contributed by atoms with Gasteiger partial charge in [-0.15, -0.1) is 11.3 Å². The number of halogens is 1. The Bertz CT molecular complexity index is 331. The van der Waals surface area contributed by atoms with Crippen LogP contribution in [0.2, 0.25) is 0 Å². The van der Waals surface area contributed by atoms with E-state index in [1.165, 1.54) is 47.9 Å². The Kier molecular flexibility index (Phi) is 5.51. The Morgan fingerprint density at radius 1 is 1.47 bits per heavy atom. The van der Waals surface area contributed by atoms with E-state index in [1.807, 2.05) is 11.3 Å². The first kappa shape index (κ1) is 13.6. The summed E-state index contributed by atoms with van der Waals surface area (Å²) in [6.07, 6.45) is 8.28. The lowest BCUT2D eigenvalue weighted by atomic mass is 9.94. The van der Waals surface area contributed by atoms with Crippen molar-refractivity contribution in [2.75, 3.05) is 6.54 Å². The number of hydrogen-bond donors (Lipinski definition) is 1. The van der Waals surface area contributed by atoms with Crippen LogP contribution in [0.5, 0.6) is 0 Å². The van der Waals surface area contributed by atoms with Crippen LogP contribution in [0.25, 0.3) is 0 Å². The maximum atomic E-state index is 3.69. The second-order valence-corrected chi connectivity index (χ2v) is 6.89. The summed E-state index contributed by atoms with van der Waals surface area (Å²) in [7, 11) is 0. The molecule has 1 aromatic rings. The first-order valence-electron chi connectivity index (χ1n) is 6.76. The highest BCUT2D eigenvalue weighted by Crippen LogP contribution is 2.30. The molecule has 0 saturated heterocycles. The van der Waals surface area contributed by atoms with Gasteiger partial charge in [-0.25, -0.2) is 0 Å². The molecule has 1 aliphatic rings. The van der Waals surface area contributed by atoms with Gasteiger partial charge in [0.1, 0.15) is 0 Å². The monoisotopic (exact) mass is 315 g/mol. The lowest BCUT2D eigenvalue weighted by Crippen LogP contribution is -2.35. The minimum Gasteiger partial charge on any atom is -0.314 e. The van der Waals surface area contributed by atoms with Gasteiger partial charge in [0.05, 0.1) is 0 Å². The highest BCUT2D eigenvalue weighted by Gasteiger charge is 2.23. The summed E-state index contributed by atoms with van der Waals surface area (Å²) in [5.74, 6) is 0.929. The minimum atomic E-state index is 0.739. The van der Waals surface area contributed by atoms with E-state index in [2.05, 4.69) is 39.6 Å². The second kappa shape index (κ2) is 6.91. The third-order valence-corrected chi connectivity index (χ3v) is 5.52. The van der Waals surface area contributed by atoms with E-state index in [1.54, 1.807) is 0 Å². The van der Waals surface area contributed by atoms with E-state index >= 15 is 0 Å². The van der Waals surface area contributed by atoms with Crippen LogP contribution in [0, 0.1) is 5.92 Å². The van der Waals surface area contributed by atoms with Crippen molar-refractivity contribution in [2.45, 2.75) is 51.5 Å². The molecule has 0 bridgehead atoms. The Labute approximate surface area is 117 Å². The van der Waals surface area contributed by atoms with E-state index in [0.717, 1.165) is 18.5 Å². The van der Waals surface area contributed by atoms with Gasteiger partial charge in [-0.1, -0.05) is 19.8 Å². The molecule has 0 spiro atoms.